The summed E-state index contributed by atoms with van der Waals surface area (Å²) in [7, 11) is 0. The van der Waals surface area contributed by atoms with Crippen LogP contribution in [0.2, 0.25) is 0 Å². The first-order chi connectivity index (χ1) is 14.5. The molecule has 0 bridgehead atoms. The van der Waals surface area contributed by atoms with E-state index in [0.717, 1.165) is 12.1 Å². The van der Waals surface area contributed by atoms with E-state index in [-0.39, 0.29) is 30.2 Å². The highest BCUT2D eigenvalue weighted by Gasteiger charge is 2.21. The van der Waals surface area contributed by atoms with E-state index < -0.39 is 0 Å². The van der Waals surface area contributed by atoms with Crippen LogP contribution in [0, 0.1) is 0 Å². The Kier molecular flexibility index (Phi) is 6.79. The van der Waals surface area contributed by atoms with Crippen molar-refractivity contribution < 1.29 is 19.2 Å². The lowest BCUT2D eigenvalue weighted by Crippen LogP contribution is -2.32. The van der Waals surface area contributed by atoms with E-state index in [1.165, 1.54) is 0 Å². The first-order valence-corrected chi connectivity index (χ1v) is 9.84. The van der Waals surface area contributed by atoms with Gasteiger partial charge in [-0.25, -0.2) is 0 Å². The number of anilines is 3. The summed E-state index contributed by atoms with van der Waals surface area (Å²) in [6.07, 6.45) is 1.77. The summed E-state index contributed by atoms with van der Waals surface area (Å²) in [5, 5.41) is 7.98. The third-order valence-corrected chi connectivity index (χ3v) is 4.70. The van der Waals surface area contributed by atoms with Gasteiger partial charge in [0.2, 0.25) is 17.7 Å². The Labute approximate surface area is 174 Å². The highest BCUT2D eigenvalue weighted by molar-refractivity contribution is 6.00. The molecule has 0 atom stereocenters. The number of carbonyl (C=O) groups excluding carboxylic acids is 4. The lowest BCUT2D eigenvalue weighted by Gasteiger charge is -2.15. The maximum Gasteiger partial charge on any atom is 0.251 e. The maximum absolute atomic E-state index is 12.3. The molecule has 1 heterocycles. The van der Waals surface area contributed by atoms with Crippen molar-refractivity contribution in [2.45, 2.75) is 26.2 Å². The summed E-state index contributed by atoms with van der Waals surface area (Å²) >= 11 is 0. The van der Waals surface area contributed by atoms with Crippen molar-refractivity contribution >= 4 is 40.7 Å². The molecule has 0 saturated carbocycles. The molecule has 2 aromatic rings. The molecular formula is C22H24N4O4. The fourth-order valence-electron chi connectivity index (χ4n) is 3.07. The van der Waals surface area contributed by atoms with Gasteiger partial charge in [0.1, 0.15) is 0 Å². The van der Waals surface area contributed by atoms with Crippen molar-refractivity contribution in [3.05, 3.63) is 54.1 Å². The molecule has 2 aromatic carbocycles. The van der Waals surface area contributed by atoms with Crippen LogP contribution in [0.15, 0.2) is 48.5 Å². The van der Waals surface area contributed by atoms with Crippen molar-refractivity contribution in [3.63, 3.8) is 0 Å². The lowest BCUT2D eigenvalue weighted by atomic mass is 10.2. The van der Waals surface area contributed by atoms with Crippen LogP contribution in [0.1, 0.15) is 36.5 Å². The van der Waals surface area contributed by atoms with Crippen molar-refractivity contribution in [2.24, 2.45) is 0 Å². The highest BCUT2D eigenvalue weighted by Crippen LogP contribution is 2.21. The van der Waals surface area contributed by atoms with Gasteiger partial charge in [0, 0.05) is 42.0 Å². The molecule has 3 rings (SSSR count). The summed E-state index contributed by atoms with van der Waals surface area (Å²) in [6.45, 7) is 2.27. The van der Waals surface area contributed by atoms with Gasteiger partial charge in [-0.2, -0.15) is 0 Å². The van der Waals surface area contributed by atoms with Crippen molar-refractivity contribution in [1.82, 2.24) is 5.32 Å². The number of rotatable bonds is 7. The first-order valence-electron chi connectivity index (χ1n) is 9.84. The van der Waals surface area contributed by atoms with Gasteiger partial charge >= 0.3 is 0 Å². The zero-order valence-electron chi connectivity index (χ0n) is 16.7. The zero-order chi connectivity index (χ0) is 21.5. The normalized spacial score (nSPS) is 13.1. The molecule has 3 N–H and O–H groups in total. The number of hydrogen-bond acceptors (Lipinski definition) is 4. The quantitative estimate of drug-likeness (QED) is 0.654. The predicted molar refractivity (Wildman–Crippen MR) is 114 cm³/mol. The van der Waals surface area contributed by atoms with Gasteiger partial charge in [0.05, 0.1) is 6.54 Å². The van der Waals surface area contributed by atoms with Crippen LogP contribution in [-0.2, 0) is 14.4 Å². The van der Waals surface area contributed by atoms with Gasteiger partial charge in [-0.05, 0) is 55.0 Å². The van der Waals surface area contributed by atoms with Crippen LogP contribution in [-0.4, -0.2) is 36.7 Å². The van der Waals surface area contributed by atoms with E-state index in [4.69, 9.17) is 0 Å². The molecule has 156 valence electrons. The van der Waals surface area contributed by atoms with Gasteiger partial charge in [-0.3, -0.25) is 19.2 Å². The molecular weight excluding hydrogens is 384 g/mol. The lowest BCUT2D eigenvalue weighted by molar-refractivity contribution is -0.117. The summed E-state index contributed by atoms with van der Waals surface area (Å²) in [5.41, 5.74) is 2.38. The molecule has 0 unspecified atom stereocenters. The molecule has 0 spiro atoms. The molecule has 0 aromatic heterocycles. The van der Waals surface area contributed by atoms with E-state index >= 15 is 0 Å². The minimum absolute atomic E-state index is 0.0876. The van der Waals surface area contributed by atoms with Crippen LogP contribution in [0.4, 0.5) is 17.1 Å². The summed E-state index contributed by atoms with van der Waals surface area (Å²) in [5.74, 6) is -0.741. The van der Waals surface area contributed by atoms with E-state index in [9.17, 15) is 19.2 Å². The van der Waals surface area contributed by atoms with Gasteiger partial charge < -0.3 is 20.9 Å². The Balaban J connectivity index is 1.47. The third-order valence-electron chi connectivity index (χ3n) is 4.70. The molecule has 1 aliphatic rings. The van der Waals surface area contributed by atoms with Crippen molar-refractivity contribution in [3.8, 4) is 0 Å². The fourth-order valence-corrected chi connectivity index (χ4v) is 3.07. The minimum Gasteiger partial charge on any atom is -0.343 e. The minimum atomic E-state index is -0.373. The predicted octanol–water partition coefficient (Wildman–Crippen LogP) is 2.53. The van der Waals surface area contributed by atoms with Crippen molar-refractivity contribution in [1.29, 1.82) is 0 Å². The van der Waals surface area contributed by atoms with Gasteiger partial charge in [-0.15, -0.1) is 0 Å². The maximum atomic E-state index is 12.3. The molecule has 4 amide bonds. The Hall–Kier alpha value is -3.68. The van der Waals surface area contributed by atoms with Crippen LogP contribution in [0.25, 0.3) is 0 Å². The third kappa shape index (κ3) is 5.44. The van der Waals surface area contributed by atoms with E-state index in [2.05, 4.69) is 16.0 Å². The molecule has 30 heavy (non-hydrogen) atoms. The molecule has 1 fully saturated rings. The highest BCUT2D eigenvalue weighted by atomic mass is 16.2. The molecule has 8 nitrogen and oxygen atoms in total. The smallest absolute Gasteiger partial charge is 0.251 e. The molecule has 0 radical (unpaired) electrons. The second-order valence-electron chi connectivity index (χ2n) is 6.91. The number of nitrogens with zero attached hydrogens (tertiary/aromatic N) is 1. The average molecular weight is 408 g/mol. The zero-order valence-corrected chi connectivity index (χ0v) is 16.7. The SMILES string of the molecule is CCC(=O)Nc1ccc(NC(=O)CNC(=O)c2ccc(N3CCCC3=O)cc2)cc1. The fraction of sp³-hybridized carbons (Fsp3) is 0.273. The number of amides is 4. The second kappa shape index (κ2) is 9.69. The van der Waals surface area contributed by atoms with Crippen molar-refractivity contribution in [2.75, 3.05) is 28.6 Å². The average Bonchev–Trinajstić information content (AvgIpc) is 3.19. The largest absolute Gasteiger partial charge is 0.343 e. The molecule has 1 saturated heterocycles. The first kappa shape index (κ1) is 21.0. The standard InChI is InChI=1S/C22H24N4O4/c1-2-19(27)24-16-7-9-17(10-8-16)25-20(28)14-23-22(30)15-5-11-18(12-6-15)26-13-3-4-21(26)29/h5-12H,2-4,13-14H2,1H3,(H,23,30)(H,24,27)(H,25,28). The molecule has 8 heteroatoms. The van der Waals surface area contributed by atoms with E-state index in [1.807, 2.05) is 0 Å². The summed E-state index contributed by atoms with van der Waals surface area (Å²) in [4.78, 5) is 49.2. The Morgan fingerprint density at radius 1 is 0.900 bits per heavy atom. The number of hydrogen-bond donors (Lipinski definition) is 3. The Morgan fingerprint density at radius 2 is 1.50 bits per heavy atom. The van der Waals surface area contributed by atoms with E-state index in [0.29, 0.717) is 36.3 Å². The van der Waals surface area contributed by atoms with Gasteiger partial charge in [0.15, 0.2) is 0 Å². The Morgan fingerprint density at radius 3 is 2.03 bits per heavy atom. The van der Waals surface area contributed by atoms with Gasteiger partial charge in [-0.1, -0.05) is 6.92 Å². The number of benzene rings is 2. The van der Waals surface area contributed by atoms with Crippen LogP contribution >= 0.6 is 0 Å². The topological polar surface area (TPSA) is 108 Å². The molecule has 0 aliphatic carbocycles. The van der Waals surface area contributed by atoms with Crippen LogP contribution < -0.4 is 20.9 Å². The summed E-state index contributed by atoms with van der Waals surface area (Å²) in [6, 6.07) is 13.5. The van der Waals surface area contributed by atoms with E-state index in [1.54, 1.807) is 60.4 Å². The van der Waals surface area contributed by atoms with Crippen LogP contribution in [0.3, 0.4) is 0 Å². The number of nitrogens with one attached hydrogen (secondary N) is 3. The van der Waals surface area contributed by atoms with Crippen LogP contribution in [0.5, 0.6) is 0 Å². The van der Waals surface area contributed by atoms with Gasteiger partial charge in [0.25, 0.3) is 5.91 Å². The number of carbonyl (C=O) groups is 4. The molecule has 1 aliphatic heterocycles. The summed E-state index contributed by atoms with van der Waals surface area (Å²) < 4.78 is 0. The monoisotopic (exact) mass is 408 g/mol. The Bertz CT molecular complexity index is 939. The second-order valence-corrected chi connectivity index (χ2v) is 6.91.